The number of methoxy groups -OCH3 is 1. The topological polar surface area (TPSA) is 96.9 Å². The average molecular weight is 308 g/mol. The number of nitrogens with one attached hydrogen (secondary N) is 2. The van der Waals surface area contributed by atoms with Crippen LogP contribution in [0, 0.1) is 0 Å². The van der Waals surface area contributed by atoms with E-state index in [1.807, 2.05) is 12.1 Å². The lowest BCUT2D eigenvalue weighted by molar-refractivity contribution is -0.139. The van der Waals surface area contributed by atoms with Crippen molar-refractivity contribution in [2.24, 2.45) is 0 Å². The van der Waals surface area contributed by atoms with Crippen LogP contribution in [0.25, 0.3) is 0 Å². The highest BCUT2D eigenvalue weighted by atomic mass is 16.5. The Bertz CT molecular complexity index is 540. The van der Waals surface area contributed by atoms with Crippen molar-refractivity contribution in [1.29, 1.82) is 0 Å². The summed E-state index contributed by atoms with van der Waals surface area (Å²) in [6.07, 6.45) is 0.441. The number of carbonyl (C=O) groups excluding carboxylic acids is 2. The van der Waals surface area contributed by atoms with Crippen LogP contribution < -0.4 is 15.4 Å². The predicted molar refractivity (Wildman–Crippen MR) is 78.2 cm³/mol. The van der Waals surface area contributed by atoms with Gasteiger partial charge in [-0.15, -0.1) is 0 Å². The first-order valence-electron chi connectivity index (χ1n) is 7.02. The predicted octanol–water partition coefficient (Wildman–Crippen LogP) is -0.421. The summed E-state index contributed by atoms with van der Waals surface area (Å²) < 4.78 is 10.2. The summed E-state index contributed by atoms with van der Waals surface area (Å²) in [4.78, 5) is 23.5. The zero-order chi connectivity index (χ0) is 16.0. The second-order valence-corrected chi connectivity index (χ2v) is 5.20. The second-order valence-electron chi connectivity index (χ2n) is 5.20. The van der Waals surface area contributed by atoms with Crippen molar-refractivity contribution in [3.63, 3.8) is 0 Å². The number of benzene rings is 1. The van der Waals surface area contributed by atoms with Crippen molar-refractivity contribution < 1.29 is 24.2 Å². The van der Waals surface area contributed by atoms with E-state index < -0.39 is 17.4 Å². The van der Waals surface area contributed by atoms with Crippen LogP contribution in [0.1, 0.15) is 12.0 Å². The molecular formula is C15H20N2O5. The molecule has 1 aliphatic rings. The third-order valence-corrected chi connectivity index (χ3v) is 3.50. The molecule has 120 valence electrons. The van der Waals surface area contributed by atoms with E-state index in [-0.39, 0.29) is 19.7 Å². The molecule has 1 fully saturated rings. The minimum atomic E-state index is -1.08. The van der Waals surface area contributed by atoms with Crippen molar-refractivity contribution in [1.82, 2.24) is 10.6 Å². The molecule has 1 saturated heterocycles. The number of ether oxygens (including phenoxy) is 2. The summed E-state index contributed by atoms with van der Waals surface area (Å²) in [6, 6.07) is 7.22. The number of hydrogen-bond donors (Lipinski definition) is 3. The standard InChI is InChI=1S/C15H20N2O5/c1-21-12-5-3-2-4-11(12)8-16-13(18)14(19)17-9-15(20)6-7-22-10-15/h2-5,20H,6-10H2,1H3,(H,16,18)(H,17,19)/t15-/m1/s1. The lowest BCUT2D eigenvalue weighted by Gasteiger charge is -2.20. The van der Waals surface area contributed by atoms with E-state index in [9.17, 15) is 14.7 Å². The minimum absolute atomic E-state index is 0.00604. The van der Waals surface area contributed by atoms with Crippen molar-refractivity contribution in [3.05, 3.63) is 29.8 Å². The highest BCUT2D eigenvalue weighted by Crippen LogP contribution is 2.17. The van der Waals surface area contributed by atoms with Crippen molar-refractivity contribution in [2.75, 3.05) is 26.9 Å². The van der Waals surface area contributed by atoms with Crippen LogP contribution >= 0.6 is 0 Å². The summed E-state index contributed by atoms with van der Waals surface area (Å²) >= 11 is 0. The molecule has 1 aliphatic heterocycles. The third-order valence-electron chi connectivity index (χ3n) is 3.50. The van der Waals surface area contributed by atoms with Crippen LogP contribution in [-0.2, 0) is 20.9 Å². The summed E-state index contributed by atoms with van der Waals surface area (Å²) in [5.41, 5.74) is -0.313. The summed E-state index contributed by atoms with van der Waals surface area (Å²) in [5.74, 6) is -0.899. The summed E-state index contributed by atoms with van der Waals surface area (Å²) in [5, 5.41) is 14.9. The van der Waals surface area contributed by atoms with Gasteiger partial charge in [0, 0.05) is 31.7 Å². The first-order chi connectivity index (χ1) is 10.5. The van der Waals surface area contributed by atoms with Crippen molar-refractivity contribution in [3.8, 4) is 5.75 Å². The number of carbonyl (C=O) groups is 2. The smallest absolute Gasteiger partial charge is 0.309 e. The molecular weight excluding hydrogens is 288 g/mol. The van der Waals surface area contributed by atoms with Crippen LogP contribution in [0.3, 0.4) is 0 Å². The Kier molecular flexibility index (Phi) is 5.35. The number of amides is 2. The lowest BCUT2D eigenvalue weighted by atomic mass is 10.0. The van der Waals surface area contributed by atoms with E-state index >= 15 is 0 Å². The van der Waals surface area contributed by atoms with Gasteiger partial charge >= 0.3 is 11.8 Å². The van der Waals surface area contributed by atoms with Gasteiger partial charge in [0.05, 0.1) is 13.7 Å². The average Bonchev–Trinajstić information content (AvgIpc) is 2.97. The Morgan fingerprint density at radius 2 is 2.05 bits per heavy atom. The molecule has 0 aromatic heterocycles. The molecule has 1 atom stereocenters. The Morgan fingerprint density at radius 1 is 1.32 bits per heavy atom. The van der Waals surface area contributed by atoms with Gasteiger partial charge in [0.2, 0.25) is 0 Å². The summed E-state index contributed by atoms with van der Waals surface area (Å²) in [7, 11) is 1.54. The molecule has 3 N–H and O–H groups in total. The molecule has 7 nitrogen and oxygen atoms in total. The van der Waals surface area contributed by atoms with Gasteiger partial charge in [0.15, 0.2) is 0 Å². The van der Waals surface area contributed by atoms with Gasteiger partial charge in [0.1, 0.15) is 11.4 Å². The van der Waals surface area contributed by atoms with Crippen LogP contribution in [-0.4, -0.2) is 49.4 Å². The molecule has 1 aromatic rings. The maximum atomic E-state index is 11.7. The van der Waals surface area contributed by atoms with Gasteiger partial charge in [-0.1, -0.05) is 18.2 Å². The molecule has 1 heterocycles. The summed E-state index contributed by atoms with van der Waals surface area (Å²) in [6.45, 7) is 0.792. The molecule has 0 saturated carbocycles. The maximum Gasteiger partial charge on any atom is 0.309 e. The molecule has 0 spiro atoms. The van der Waals surface area contributed by atoms with Crippen molar-refractivity contribution in [2.45, 2.75) is 18.6 Å². The maximum absolute atomic E-state index is 11.7. The lowest BCUT2D eigenvalue weighted by Crippen LogP contribution is -2.47. The highest BCUT2D eigenvalue weighted by Gasteiger charge is 2.33. The number of rotatable bonds is 5. The fourth-order valence-corrected chi connectivity index (χ4v) is 2.17. The van der Waals surface area contributed by atoms with E-state index in [2.05, 4.69) is 10.6 Å². The fourth-order valence-electron chi connectivity index (χ4n) is 2.17. The van der Waals surface area contributed by atoms with Gasteiger partial charge in [-0.25, -0.2) is 0 Å². The van der Waals surface area contributed by atoms with Crippen LogP contribution in [0.2, 0.25) is 0 Å². The number of hydrogen-bond acceptors (Lipinski definition) is 5. The molecule has 0 bridgehead atoms. The normalized spacial score (nSPS) is 20.5. The molecule has 0 radical (unpaired) electrons. The zero-order valence-corrected chi connectivity index (χ0v) is 12.4. The Labute approximate surface area is 128 Å². The van der Waals surface area contributed by atoms with E-state index in [4.69, 9.17) is 9.47 Å². The zero-order valence-electron chi connectivity index (χ0n) is 12.4. The first kappa shape index (κ1) is 16.3. The van der Waals surface area contributed by atoms with Crippen LogP contribution in [0.5, 0.6) is 5.75 Å². The highest BCUT2D eigenvalue weighted by molar-refractivity contribution is 6.35. The van der Waals surface area contributed by atoms with Crippen molar-refractivity contribution >= 4 is 11.8 Å². The van der Waals surface area contributed by atoms with Gasteiger partial charge in [-0.3, -0.25) is 9.59 Å². The Balaban J connectivity index is 1.80. The van der Waals surface area contributed by atoms with Crippen LogP contribution in [0.4, 0.5) is 0 Å². The SMILES string of the molecule is COc1ccccc1CNC(=O)C(=O)NC[C@]1(O)CCOC1. The monoisotopic (exact) mass is 308 g/mol. The van der Waals surface area contributed by atoms with Gasteiger partial charge in [0.25, 0.3) is 0 Å². The number of para-hydroxylation sites is 1. The van der Waals surface area contributed by atoms with Crippen LogP contribution in [0.15, 0.2) is 24.3 Å². The van der Waals surface area contributed by atoms with E-state index in [1.54, 1.807) is 12.1 Å². The molecule has 22 heavy (non-hydrogen) atoms. The fraction of sp³-hybridized carbons (Fsp3) is 0.467. The quantitative estimate of drug-likeness (QED) is 0.642. The van der Waals surface area contributed by atoms with E-state index in [0.29, 0.717) is 18.8 Å². The second kappa shape index (κ2) is 7.24. The molecule has 0 aliphatic carbocycles. The largest absolute Gasteiger partial charge is 0.496 e. The third kappa shape index (κ3) is 4.19. The minimum Gasteiger partial charge on any atom is -0.496 e. The molecule has 0 unspecified atom stereocenters. The molecule has 1 aromatic carbocycles. The van der Waals surface area contributed by atoms with Gasteiger partial charge < -0.3 is 25.2 Å². The van der Waals surface area contributed by atoms with E-state index in [1.165, 1.54) is 7.11 Å². The Hall–Kier alpha value is -2.12. The van der Waals surface area contributed by atoms with Gasteiger partial charge in [-0.2, -0.15) is 0 Å². The Morgan fingerprint density at radius 3 is 2.73 bits per heavy atom. The molecule has 2 rings (SSSR count). The first-order valence-corrected chi connectivity index (χ1v) is 7.02. The van der Waals surface area contributed by atoms with E-state index in [0.717, 1.165) is 5.56 Å². The number of aliphatic hydroxyl groups is 1. The molecule has 2 amide bonds. The molecule has 7 heteroatoms. The van der Waals surface area contributed by atoms with Gasteiger partial charge in [-0.05, 0) is 6.07 Å².